The van der Waals surface area contributed by atoms with Gasteiger partial charge in [0.05, 0.1) is 10.7 Å². The Hall–Kier alpha value is -1.44. The molecule has 0 saturated carbocycles. The largest absolute Gasteiger partial charge is 0.457 e. The molecule has 0 amide bonds. The maximum Gasteiger partial charge on any atom is 0.200 e. The number of ketones is 1. The highest BCUT2D eigenvalue weighted by Crippen LogP contribution is 2.53. The second-order valence-electron chi connectivity index (χ2n) is 7.99. The van der Waals surface area contributed by atoms with Gasteiger partial charge in [0.15, 0.2) is 11.5 Å². The lowest BCUT2D eigenvalue weighted by Crippen LogP contribution is -2.17. The SMILES string of the molecule is CC(C)C(=O)C1=CC2PC(c3ccc(Cl)c(F)c3)=CC(C(C)(C)C)=C2O1. The topological polar surface area (TPSA) is 26.3 Å². The molecule has 2 unspecified atom stereocenters. The van der Waals surface area contributed by atoms with Crippen LogP contribution in [0.25, 0.3) is 5.31 Å². The van der Waals surface area contributed by atoms with E-state index in [-0.39, 0.29) is 27.8 Å². The summed E-state index contributed by atoms with van der Waals surface area (Å²) in [5.74, 6) is 0.783. The first-order chi connectivity index (χ1) is 12.1. The van der Waals surface area contributed by atoms with Gasteiger partial charge in [-0.15, -0.1) is 0 Å². The lowest BCUT2D eigenvalue weighted by atomic mass is 9.84. The van der Waals surface area contributed by atoms with Crippen LogP contribution in [0, 0.1) is 17.2 Å². The van der Waals surface area contributed by atoms with Crippen LogP contribution < -0.4 is 0 Å². The average molecular weight is 393 g/mol. The van der Waals surface area contributed by atoms with Crippen LogP contribution in [0.2, 0.25) is 5.02 Å². The van der Waals surface area contributed by atoms with Crippen LogP contribution in [0.1, 0.15) is 40.2 Å². The van der Waals surface area contributed by atoms with Gasteiger partial charge in [0.2, 0.25) is 0 Å². The summed E-state index contributed by atoms with van der Waals surface area (Å²) in [4.78, 5) is 12.4. The van der Waals surface area contributed by atoms with E-state index in [0.717, 1.165) is 22.2 Å². The Morgan fingerprint density at radius 3 is 2.58 bits per heavy atom. The third kappa shape index (κ3) is 3.66. The quantitative estimate of drug-likeness (QED) is 0.562. The number of hydrogen-bond donors (Lipinski definition) is 0. The zero-order chi connectivity index (χ0) is 19.2. The molecule has 0 N–H and O–H groups in total. The fourth-order valence-corrected chi connectivity index (χ4v) is 4.61. The molecule has 2 atom stereocenters. The summed E-state index contributed by atoms with van der Waals surface area (Å²) in [6.07, 6.45) is 4.02. The predicted molar refractivity (Wildman–Crippen MR) is 107 cm³/mol. The summed E-state index contributed by atoms with van der Waals surface area (Å²) in [6.45, 7) is 10.1. The van der Waals surface area contributed by atoms with Crippen LogP contribution >= 0.6 is 20.2 Å². The van der Waals surface area contributed by atoms with E-state index in [2.05, 4.69) is 26.8 Å². The molecule has 0 saturated heterocycles. The Morgan fingerprint density at radius 2 is 2.00 bits per heavy atom. The van der Waals surface area contributed by atoms with E-state index in [0.29, 0.717) is 14.3 Å². The van der Waals surface area contributed by atoms with E-state index in [1.54, 1.807) is 6.07 Å². The number of allylic oxidation sites excluding steroid dienone is 4. The van der Waals surface area contributed by atoms with E-state index in [1.165, 1.54) is 6.07 Å². The van der Waals surface area contributed by atoms with Crippen molar-refractivity contribution in [3.63, 3.8) is 0 Å². The summed E-state index contributed by atoms with van der Waals surface area (Å²) in [5, 5.41) is 1.17. The van der Waals surface area contributed by atoms with Crippen molar-refractivity contribution in [3.05, 3.63) is 63.8 Å². The maximum absolute atomic E-state index is 13.9. The number of Topliss-reactive ketones (excluding diaryl/α,β-unsaturated/α-hetero) is 1. The van der Waals surface area contributed by atoms with Gasteiger partial charge in [-0.1, -0.05) is 60.9 Å². The lowest BCUT2D eigenvalue weighted by molar-refractivity contribution is -0.120. The van der Waals surface area contributed by atoms with Crippen molar-refractivity contribution >= 4 is 31.3 Å². The fourth-order valence-electron chi connectivity index (χ4n) is 3.03. The monoisotopic (exact) mass is 392 g/mol. The molecule has 2 aliphatic rings. The number of ether oxygens (including phenoxy) is 1. The number of fused-ring (bicyclic) bond motifs is 1. The molecule has 0 aliphatic carbocycles. The lowest BCUT2D eigenvalue weighted by Gasteiger charge is -2.30. The van der Waals surface area contributed by atoms with Gasteiger partial charge in [-0.05, 0) is 46.2 Å². The van der Waals surface area contributed by atoms with Gasteiger partial charge in [-0.3, -0.25) is 4.79 Å². The van der Waals surface area contributed by atoms with Crippen LogP contribution in [0.3, 0.4) is 0 Å². The van der Waals surface area contributed by atoms with Gasteiger partial charge in [0, 0.05) is 5.92 Å². The van der Waals surface area contributed by atoms with E-state index in [4.69, 9.17) is 16.3 Å². The van der Waals surface area contributed by atoms with Crippen molar-refractivity contribution in [2.24, 2.45) is 11.3 Å². The Balaban J connectivity index is 2.05. The number of benzene rings is 1. The van der Waals surface area contributed by atoms with Crippen molar-refractivity contribution in [1.29, 1.82) is 0 Å². The van der Waals surface area contributed by atoms with Gasteiger partial charge < -0.3 is 4.74 Å². The van der Waals surface area contributed by atoms with Crippen molar-refractivity contribution in [2.45, 2.75) is 40.3 Å². The number of halogens is 2. The van der Waals surface area contributed by atoms with Gasteiger partial charge in [-0.2, -0.15) is 0 Å². The van der Waals surface area contributed by atoms with E-state index in [1.807, 2.05) is 26.0 Å². The fraction of sp³-hybridized carbons (Fsp3) is 0.381. The van der Waals surface area contributed by atoms with Gasteiger partial charge >= 0.3 is 0 Å². The molecular formula is C21H23ClFO2P. The molecule has 0 bridgehead atoms. The molecule has 2 aliphatic heterocycles. The normalized spacial score (nSPS) is 20.8. The molecule has 0 radical (unpaired) electrons. The first-order valence-electron chi connectivity index (χ1n) is 8.70. The smallest absolute Gasteiger partial charge is 0.200 e. The number of rotatable bonds is 3. The van der Waals surface area contributed by atoms with Crippen LogP contribution in [0.4, 0.5) is 4.39 Å². The minimum absolute atomic E-state index is 0.0176. The standard InChI is InChI=1S/C21H23ClFO2P/c1-11(2)19(24)16-10-18-20(25-16)13(21(3,4)5)9-17(26-18)12-6-7-14(22)15(23)8-12/h6-11,18,26H,1-5H3. The summed E-state index contributed by atoms with van der Waals surface area (Å²) >= 11 is 5.83. The minimum atomic E-state index is -0.421. The second-order valence-corrected chi connectivity index (χ2v) is 9.85. The average Bonchev–Trinajstić information content (AvgIpc) is 2.98. The highest BCUT2D eigenvalue weighted by molar-refractivity contribution is 7.52. The molecule has 26 heavy (non-hydrogen) atoms. The molecule has 0 spiro atoms. The van der Waals surface area contributed by atoms with Crippen LogP contribution in [-0.4, -0.2) is 11.4 Å². The number of hydrogen-bond acceptors (Lipinski definition) is 2. The molecule has 2 nitrogen and oxygen atoms in total. The Morgan fingerprint density at radius 1 is 1.31 bits per heavy atom. The predicted octanol–water partition coefficient (Wildman–Crippen LogP) is 6.32. The molecule has 138 valence electrons. The minimum Gasteiger partial charge on any atom is -0.457 e. The van der Waals surface area contributed by atoms with E-state index < -0.39 is 5.82 Å². The zero-order valence-corrected chi connectivity index (χ0v) is 17.4. The van der Waals surface area contributed by atoms with Crippen molar-refractivity contribution in [1.82, 2.24) is 0 Å². The Bertz CT molecular complexity index is 859. The van der Waals surface area contributed by atoms with Crippen molar-refractivity contribution in [2.75, 3.05) is 0 Å². The summed E-state index contributed by atoms with van der Waals surface area (Å²) < 4.78 is 20.0. The van der Waals surface area contributed by atoms with E-state index in [9.17, 15) is 9.18 Å². The van der Waals surface area contributed by atoms with Crippen molar-refractivity contribution in [3.8, 4) is 0 Å². The molecule has 0 aromatic heterocycles. The van der Waals surface area contributed by atoms with Crippen LogP contribution in [0.5, 0.6) is 0 Å². The molecule has 3 rings (SSSR count). The molecule has 1 aromatic carbocycles. The van der Waals surface area contributed by atoms with Crippen molar-refractivity contribution < 1.29 is 13.9 Å². The molecule has 2 heterocycles. The maximum atomic E-state index is 13.9. The van der Waals surface area contributed by atoms with Crippen LogP contribution in [0.15, 0.2) is 47.4 Å². The molecule has 0 fully saturated rings. The van der Waals surface area contributed by atoms with Crippen LogP contribution in [-0.2, 0) is 9.53 Å². The number of carbonyl (C=O) groups excluding carboxylic acids is 1. The van der Waals surface area contributed by atoms with Gasteiger partial charge in [0.1, 0.15) is 11.6 Å². The highest BCUT2D eigenvalue weighted by Gasteiger charge is 2.37. The van der Waals surface area contributed by atoms with Gasteiger partial charge in [0.25, 0.3) is 0 Å². The second kappa shape index (κ2) is 6.94. The first-order valence-corrected chi connectivity index (χ1v) is 10.2. The first kappa shape index (κ1) is 19.3. The molecule has 1 aromatic rings. The molecular weight excluding hydrogens is 370 g/mol. The summed E-state index contributed by atoms with van der Waals surface area (Å²) in [5.41, 5.74) is 1.75. The summed E-state index contributed by atoms with van der Waals surface area (Å²) in [7, 11) is 0.375. The van der Waals surface area contributed by atoms with E-state index >= 15 is 0 Å². The molecule has 5 heteroatoms. The Kier molecular flexibility index (Phi) is 5.16. The Labute approximate surface area is 160 Å². The number of carbonyl (C=O) groups is 1. The third-order valence-corrected chi connectivity index (χ3v) is 6.28. The van der Waals surface area contributed by atoms with Gasteiger partial charge in [-0.25, -0.2) is 4.39 Å². The highest BCUT2D eigenvalue weighted by atomic mass is 35.5. The third-order valence-electron chi connectivity index (χ3n) is 4.49. The summed E-state index contributed by atoms with van der Waals surface area (Å²) in [6, 6.07) is 4.91. The zero-order valence-electron chi connectivity index (χ0n) is 15.6.